The van der Waals surface area contributed by atoms with Crippen LogP contribution in [0.25, 0.3) is 0 Å². The first kappa shape index (κ1) is 24.2. The summed E-state index contributed by atoms with van der Waals surface area (Å²) in [6.07, 6.45) is 2.60. The van der Waals surface area contributed by atoms with Gasteiger partial charge < -0.3 is 10.1 Å². The van der Waals surface area contributed by atoms with Crippen molar-refractivity contribution in [3.63, 3.8) is 0 Å². The van der Waals surface area contributed by atoms with Crippen molar-refractivity contribution in [1.29, 1.82) is 0 Å². The molecule has 0 spiro atoms. The standard InChI is InChI=1S/C22H20N4O5S3/c1-13-24-25-22(34-13)33-12-15-11-32-20-17(23-16(28)8-5-9-27)19(29)26(20)18(15)21(30)31-10-14-6-3-2-4-7-14/h2-9,17,20H,10-12H2,1H3,(H,23,28)/b8-5-/t17?,20-/m0/s1. The van der Waals surface area contributed by atoms with E-state index in [4.69, 9.17) is 4.74 Å². The van der Waals surface area contributed by atoms with E-state index in [2.05, 4.69) is 15.5 Å². The summed E-state index contributed by atoms with van der Waals surface area (Å²) < 4.78 is 6.33. The summed E-state index contributed by atoms with van der Waals surface area (Å²) in [7, 11) is 0. The number of fused-ring (bicyclic) bond motifs is 1. The summed E-state index contributed by atoms with van der Waals surface area (Å²) in [5.74, 6) is -0.586. The number of thioether (sulfide) groups is 2. The van der Waals surface area contributed by atoms with Gasteiger partial charge >= 0.3 is 5.97 Å². The molecule has 1 unspecified atom stereocenters. The van der Waals surface area contributed by atoms with Crippen LogP contribution in [-0.4, -0.2) is 62.1 Å². The van der Waals surface area contributed by atoms with E-state index >= 15 is 0 Å². The van der Waals surface area contributed by atoms with Crippen LogP contribution in [-0.2, 0) is 30.5 Å². The Bertz CT molecular complexity index is 1160. The molecule has 2 atom stereocenters. The second kappa shape index (κ2) is 11.0. The molecule has 0 saturated carbocycles. The highest BCUT2D eigenvalue weighted by atomic mass is 32.2. The third-order valence-electron chi connectivity index (χ3n) is 4.95. The number of aldehydes is 1. The second-order valence-electron chi connectivity index (χ2n) is 7.28. The van der Waals surface area contributed by atoms with Crippen LogP contribution in [0, 0.1) is 6.92 Å². The van der Waals surface area contributed by atoms with E-state index in [0.29, 0.717) is 17.8 Å². The van der Waals surface area contributed by atoms with E-state index in [0.717, 1.165) is 32.6 Å². The number of nitrogens with zero attached hydrogens (tertiary/aromatic N) is 3. The van der Waals surface area contributed by atoms with Gasteiger partial charge in [0.2, 0.25) is 5.91 Å². The molecule has 0 radical (unpaired) electrons. The first-order valence-corrected chi connectivity index (χ1v) is 13.1. The van der Waals surface area contributed by atoms with E-state index in [-0.39, 0.29) is 12.3 Å². The van der Waals surface area contributed by atoms with Gasteiger partial charge in [-0.3, -0.25) is 19.3 Å². The highest BCUT2D eigenvalue weighted by molar-refractivity contribution is 8.01. The fourth-order valence-electron chi connectivity index (χ4n) is 3.39. The van der Waals surface area contributed by atoms with Crippen LogP contribution < -0.4 is 5.32 Å². The van der Waals surface area contributed by atoms with Gasteiger partial charge in [-0.15, -0.1) is 22.0 Å². The predicted octanol–water partition coefficient (Wildman–Crippen LogP) is 2.09. The molecule has 2 aromatic rings. The Labute approximate surface area is 208 Å². The maximum atomic E-state index is 13.1. The number of benzene rings is 1. The number of aromatic nitrogens is 2. The first-order chi connectivity index (χ1) is 16.5. The number of carbonyl (C=O) groups excluding carboxylic acids is 4. The fraction of sp³-hybridized carbons (Fsp3) is 0.273. The Morgan fingerprint density at radius 2 is 2.09 bits per heavy atom. The minimum Gasteiger partial charge on any atom is -0.456 e. The van der Waals surface area contributed by atoms with Gasteiger partial charge in [-0.25, -0.2) is 4.79 Å². The van der Waals surface area contributed by atoms with Crippen LogP contribution in [0.3, 0.4) is 0 Å². The predicted molar refractivity (Wildman–Crippen MR) is 129 cm³/mol. The lowest BCUT2D eigenvalue weighted by Crippen LogP contribution is -2.70. The zero-order chi connectivity index (χ0) is 24.1. The van der Waals surface area contributed by atoms with Gasteiger partial charge in [0.05, 0.1) is 0 Å². The third kappa shape index (κ3) is 5.40. The van der Waals surface area contributed by atoms with Gasteiger partial charge in [-0.2, -0.15) is 0 Å². The highest BCUT2D eigenvalue weighted by Gasteiger charge is 2.54. The molecule has 2 aliphatic heterocycles. The molecule has 1 aromatic heterocycles. The van der Waals surface area contributed by atoms with Gasteiger partial charge in [0.1, 0.15) is 35.0 Å². The monoisotopic (exact) mass is 516 g/mol. The lowest BCUT2D eigenvalue weighted by Gasteiger charge is -2.49. The van der Waals surface area contributed by atoms with E-state index in [1.54, 1.807) is 0 Å². The largest absolute Gasteiger partial charge is 0.456 e. The molecule has 1 fully saturated rings. The number of hydrogen-bond donors (Lipinski definition) is 1. The molecule has 176 valence electrons. The lowest BCUT2D eigenvalue weighted by molar-refractivity contribution is -0.153. The van der Waals surface area contributed by atoms with Gasteiger partial charge in [0.25, 0.3) is 5.91 Å². The Kier molecular flexibility index (Phi) is 7.80. The maximum Gasteiger partial charge on any atom is 0.355 e. The molecule has 4 rings (SSSR count). The number of hydrogen-bond acceptors (Lipinski definition) is 10. The summed E-state index contributed by atoms with van der Waals surface area (Å²) in [5, 5.41) is 11.1. The molecule has 2 aliphatic rings. The zero-order valence-electron chi connectivity index (χ0n) is 18.0. The quantitative estimate of drug-likeness (QED) is 0.176. The minimum absolute atomic E-state index is 0.0791. The summed E-state index contributed by atoms with van der Waals surface area (Å²) in [4.78, 5) is 49.9. The summed E-state index contributed by atoms with van der Waals surface area (Å²) in [6.45, 7) is 1.95. The van der Waals surface area contributed by atoms with Crippen molar-refractivity contribution in [2.45, 2.75) is 29.3 Å². The van der Waals surface area contributed by atoms with Crippen LogP contribution in [0.15, 0.2) is 58.1 Å². The smallest absolute Gasteiger partial charge is 0.355 e. The molecule has 1 aromatic carbocycles. The number of β-lactam (4-membered cyclic amide) rings is 1. The maximum absolute atomic E-state index is 13.1. The molecule has 34 heavy (non-hydrogen) atoms. The molecule has 1 N–H and O–H groups in total. The van der Waals surface area contributed by atoms with Crippen LogP contribution >= 0.6 is 34.9 Å². The van der Waals surface area contributed by atoms with Crippen molar-refractivity contribution in [2.75, 3.05) is 11.5 Å². The van der Waals surface area contributed by atoms with E-state index < -0.39 is 29.2 Å². The first-order valence-electron chi connectivity index (χ1n) is 10.2. The van der Waals surface area contributed by atoms with Gasteiger partial charge in [-0.05, 0) is 24.1 Å². The molecule has 9 nitrogen and oxygen atoms in total. The van der Waals surface area contributed by atoms with Crippen molar-refractivity contribution < 1.29 is 23.9 Å². The van der Waals surface area contributed by atoms with Crippen LogP contribution in [0.2, 0.25) is 0 Å². The Morgan fingerprint density at radius 3 is 2.79 bits per heavy atom. The highest BCUT2D eigenvalue weighted by Crippen LogP contribution is 2.42. The van der Waals surface area contributed by atoms with Crippen molar-refractivity contribution in [1.82, 2.24) is 20.4 Å². The number of allylic oxidation sites excluding steroid dienone is 1. The number of aryl methyl sites for hydroxylation is 1. The van der Waals surface area contributed by atoms with E-state index in [1.807, 2.05) is 37.3 Å². The van der Waals surface area contributed by atoms with E-state index in [1.165, 1.54) is 39.8 Å². The Morgan fingerprint density at radius 1 is 1.29 bits per heavy atom. The molecule has 2 amide bonds. The molecule has 3 heterocycles. The van der Waals surface area contributed by atoms with Gasteiger partial charge in [-0.1, -0.05) is 53.4 Å². The summed E-state index contributed by atoms with van der Waals surface area (Å²) in [6, 6.07) is 8.50. The molecular formula is C22H20N4O5S3. The molecule has 0 bridgehead atoms. The average molecular weight is 517 g/mol. The SMILES string of the molecule is Cc1nnc(SCC2=C(C(=O)OCc3ccccc3)N3C(=O)C(NC(=O)/C=C\C=O)[C@@H]3SC2)s1. The number of carbonyl (C=O) groups is 4. The molecule has 0 aliphatic carbocycles. The van der Waals surface area contributed by atoms with Crippen molar-refractivity contribution in [3.8, 4) is 0 Å². The number of nitrogens with one attached hydrogen (secondary N) is 1. The van der Waals surface area contributed by atoms with Crippen LogP contribution in [0.1, 0.15) is 10.6 Å². The minimum atomic E-state index is -0.786. The Hall–Kier alpha value is -2.96. The fourth-order valence-corrected chi connectivity index (χ4v) is 6.69. The van der Waals surface area contributed by atoms with E-state index in [9.17, 15) is 19.2 Å². The Balaban J connectivity index is 1.53. The molecule has 1 saturated heterocycles. The molecular weight excluding hydrogens is 496 g/mol. The summed E-state index contributed by atoms with van der Waals surface area (Å²) >= 11 is 4.37. The summed E-state index contributed by atoms with van der Waals surface area (Å²) in [5.41, 5.74) is 1.81. The number of rotatable bonds is 9. The molecule has 12 heteroatoms. The number of esters is 1. The van der Waals surface area contributed by atoms with Crippen molar-refractivity contribution in [3.05, 3.63) is 64.3 Å². The topological polar surface area (TPSA) is 119 Å². The van der Waals surface area contributed by atoms with Crippen LogP contribution in [0.5, 0.6) is 0 Å². The second-order valence-corrected chi connectivity index (χ2v) is 10.8. The van der Waals surface area contributed by atoms with Gasteiger partial charge in [0, 0.05) is 17.6 Å². The number of amides is 2. The number of ether oxygens (including phenoxy) is 1. The normalized spacial score (nSPS) is 19.6. The van der Waals surface area contributed by atoms with Crippen molar-refractivity contribution >= 4 is 58.9 Å². The van der Waals surface area contributed by atoms with Crippen molar-refractivity contribution in [2.24, 2.45) is 0 Å². The third-order valence-corrected chi connectivity index (χ3v) is 8.35. The lowest BCUT2D eigenvalue weighted by atomic mass is 10.0. The van der Waals surface area contributed by atoms with Crippen LogP contribution in [0.4, 0.5) is 0 Å². The zero-order valence-corrected chi connectivity index (χ0v) is 20.5. The average Bonchev–Trinajstić information content (AvgIpc) is 3.28. The van der Waals surface area contributed by atoms with Gasteiger partial charge in [0.15, 0.2) is 4.34 Å².